The third kappa shape index (κ3) is 6.79. The minimum Gasteiger partial charge on any atom is -0.507 e. The number of hydrogen-bond acceptors (Lipinski definition) is 12. The van der Waals surface area contributed by atoms with Crippen LogP contribution in [0, 0.1) is 11.8 Å². The molecule has 1 aromatic heterocycles. The molecule has 288 valence electrons. The predicted octanol–water partition coefficient (Wildman–Crippen LogP) is 3.18. The molecule has 4 fully saturated rings. The van der Waals surface area contributed by atoms with E-state index in [1.807, 2.05) is 24.3 Å². The van der Waals surface area contributed by atoms with Gasteiger partial charge in [0.25, 0.3) is 11.8 Å². The van der Waals surface area contributed by atoms with Gasteiger partial charge in [0.15, 0.2) is 5.82 Å². The van der Waals surface area contributed by atoms with E-state index in [4.69, 9.17) is 0 Å². The molecule has 7 heterocycles. The van der Waals surface area contributed by atoms with Gasteiger partial charge in [-0.25, -0.2) is 0 Å². The van der Waals surface area contributed by atoms with E-state index in [1.54, 1.807) is 18.2 Å². The van der Waals surface area contributed by atoms with Crippen LogP contribution in [-0.4, -0.2) is 131 Å². The van der Waals surface area contributed by atoms with Gasteiger partial charge in [0.1, 0.15) is 11.8 Å². The van der Waals surface area contributed by atoms with Crippen LogP contribution in [0.2, 0.25) is 0 Å². The Labute approximate surface area is 320 Å². The minimum atomic E-state index is -0.953. The number of nitrogens with one attached hydrogen (secondary N) is 2. The first-order chi connectivity index (χ1) is 26.7. The average molecular weight is 748 g/mol. The SMILES string of the molecule is C[C@H]1CN2c3cc(-c4ccccc4O)nnc3NC[C@H]2CN1CC1CCN(CC2CCN(c3ccc4c(c3)C(=O)N(C3CCC(=O)NC3=O)C4=O)CC2)CC1. The van der Waals surface area contributed by atoms with Crippen LogP contribution < -0.4 is 20.4 Å². The molecule has 0 saturated carbocycles. The van der Waals surface area contributed by atoms with Crippen molar-refractivity contribution in [2.75, 3.05) is 74.0 Å². The predicted molar refractivity (Wildman–Crippen MR) is 207 cm³/mol. The van der Waals surface area contributed by atoms with Crippen LogP contribution in [0.25, 0.3) is 11.3 Å². The van der Waals surface area contributed by atoms with E-state index in [9.17, 15) is 24.3 Å². The summed E-state index contributed by atoms with van der Waals surface area (Å²) in [5.41, 5.74) is 4.03. The van der Waals surface area contributed by atoms with E-state index in [1.165, 1.54) is 12.8 Å². The fraction of sp³-hybridized carbons (Fsp3) is 0.512. The highest BCUT2D eigenvalue weighted by Gasteiger charge is 2.45. The average Bonchev–Trinajstić information content (AvgIpc) is 3.44. The fourth-order valence-corrected chi connectivity index (χ4v) is 9.66. The maximum atomic E-state index is 13.3. The normalized spacial score (nSPS) is 25.4. The summed E-state index contributed by atoms with van der Waals surface area (Å²) in [4.78, 5) is 61.7. The number of aromatic nitrogens is 2. The van der Waals surface area contributed by atoms with Crippen LogP contribution in [-0.2, 0) is 9.59 Å². The van der Waals surface area contributed by atoms with E-state index in [0.29, 0.717) is 46.3 Å². The van der Waals surface area contributed by atoms with Crippen molar-refractivity contribution in [3.63, 3.8) is 0 Å². The van der Waals surface area contributed by atoms with Gasteiger partial charge in [-0.2, -0.15) is 0 Å². The molecule has 2 aromatic carbocycles. The van der Waals surface area contributed by atoms with Gasteiger partial charge in [-0.05, 0) is 100 Å². The molecular weight excluding hydrogens is 699 g/mol. The summed E-state index contributed by atoms with van der Waals surface area (Å²) in [6.07, 6.45) is 4.85. The maximum absolute atomic E-state index is 13.3. The number of para-hydroxylation sites is 1. The molecule has 0 radical (unpaired) electrons. The summed E-state index contributed by atoms with van der Waals surface area (Å²) >= 11 is 0. The number of nitrogens with zero attached hydrogens (tertiary/aromatic N) is 7. The molecule has 3 atom stereocenters. The van der Waals surface area contributed by atoms with Gasteiger partial charge < -0.3 is 25.1 Å². The number of fused-ring (bicyclic) bond motifs is 4. The Morgan fingerprint density at radius 3 is 2.33 bits per heavy atom. The lowest BCUT2D eigenvalue weighted by Gasteiger charge is -2.50. The zero-order chi connectivity index (χ0) is 37.8. The number of phenolic OH excluding ortho intramolecular Hbond substituents is 1. The number of benzene rings is 2. The third-order valence-corrected chi connectivity index (χ3v) is 12.9. The largest absolute Gasteiger partial charge is 0.507 e. The maximum Gasteiger partial charge on any atom is 0.262 e. The third-order valence-electron chi connectivity index (χ3n) is 12.9. The first kappa shape index (κ1) is 35.6. The van der Waals surface area contributed by atoms with Gasteiger partial charge in [0, 0.05) is 69.5 Å². The van der Waals surface area contributed by atoms with Crippen LogP contribution in [0.3, 0.4) is 0 Å². The molecule has 3 aromatic rings. The number of carbonyl (C=O) groups excluding carboxylic acids is 4. The Balaban J connectivity index is 0.742. The number of rotatable bonds is 7. The summed E-state index contributed by atoms with van der Waals surface area (Å²) in [7, 11) is 0. The molecule has 3 N–H and O–H groups in total. The molecule has 55 heavy (non-hydrogen) atoms. The number of piperazine rings is 1. The van der Waals surface area contributed by atoms with E-state index in [2.05, 4.69) is 53.4 Å². The van der Waals surface area contributed by atoms with Gasteiger partial charge in [-0.1, -0.05) is 12.1 Å². The number of carbonyl (C=O) groups is 4. The van der Waals surface area contributed by atoms with Crippen molar-refractivity contribution >= 4 is 40.8 Å². The van der Waals surface area contributed by atoms with Gasteiger partial charge in [0.2, 0.25) is 11.8 Å². The molecule has 6 aliphatic heterocycles. The number of piperidine rings is 3. The smallest absolute Gasteiger partial charge is 0.262 e. The van der Waals surface area contributed by atoms with Crippen LogP contribution in [0.5, 0.6) is 5.75 Å². The Morgan fingerprint density at radius 1 is 0.800 bits per heavy atom. The summed E-state index contributed by atoms with van der Waals surface area (Å²) in [6.45, 7) is 11.4. The van der Waals surface area contributed by atoms with Crippen LogP contribution >= 0.6 is 0 Å². The Hall–Kier alpha value is -5.08. The van der Waals surface area contributed by atoms with Crippen molar-refractivity contribution in [1.82, 2.24) is 30.2 Å². The van der Waals surface area contributed by atoms with E-state index >= 15 is 0 Å². The van der Waals surface area contributed by atoms with Crippen LogP contribution in [0.4, 0.5) is 17.2 Å². The topological polar surface area (TPSA) is 155 Å². The molecule has 14 nitrogen and oxygen atoms in total. The number of imide groups is 2. The number of aromatic hydroxyl groups is 1. The Bertz CT molecular complexity index is 2010. The Kier molecular flexibility index (Phi) is 9.41. The van der Waals surface area contributed by atoms with Crippen molar-refractivity contribution in [2.45, 2.75) is 63.6 Å². The zero-order valence-corrected chi connectivity index (χ0v) is 31.3. The highest BCUT2D eigenvalue weighted by Crippen LogP contribution is 2.38. The van der Waals surface area contributed by atoms with Gasteiger partial charge in [-0.15, -0.1) is 10.2 Å². The summed E-state index contributed by atoms with van der Waals surface area (Å²) in [5, 5.41) is 25.1. The van der Waals surface area contributed by atoms with Gasteiger partial charge in [0.05, 0.1) is 28.6 Å². The van der Waals surface area contributed by atoms with Gasteiger partial charge >= 0.3 is 0 Å². The Morgan fingerprint density at radius 2 is 1.55 bits per heavy atom. The van der Waals surface area contributed by atoms with Crippen molar-refractivity contribution in [1.29, 1.82) is 0 Å². The molecule has 4 amide bonds. The molecule has 0 aliphatic carbocycles. The lowest BCUT2D eigenvalue weighted by Crippen LogP contribution is -2.62. The highest BCUT2D eigenvalue weighted by molar-refractivity contribution is 6.23. The second kappa shape index (κ2) is 14.5. The van der Waals surface area contributed by atoms with Crippen molar-refractivity contribution in [2.24, 2.45) is 11.8 Å². The zero-order valence-electron chi connectivity index (χ0n) is 31.3. The summed E-state index contributed by atoms with van der Waals surface area (Å²) in [5.74, 6) is 0.440. The second-order valence-corrected chi connectivity index (χ2v) is 16.3. The van der Waals surface area contributed by atoms with E-state index < -0.39 is 23.8 Å². The first-order valence-electron chi connectivity index (χ1n) is 19.9. The molecule has 0 spiro atoms. The molecule has 6 aliphatic rings. The van der Waals surface area contributed by atoms with Crippen LogP contribution in [0.15, 0.2) is 48.5 Å². The first-order valence-corrected chi connectivity index (χ1v) is 19.9. The second-order valence-electron chi connectivity index (χ2n) is 16.3. The molecule has 1 unspecified atom stereocenters. The quantitative estimate of drug-likeness (QED) is 0.304. The molecule has 14 heteroatoms. The lowest BCUT2D eigenvalue weighted by molar-refractivity contribution is -0.136. The lowest BCUT2D eigenvalue weighted by atomic mass is 9.91. The van der Waals surface area contributed by atoms with E-state index in [-0.39, 0.29) is 24.5 Å². The number of phenols is 1. The molecular formula is C41H49N9O5. The number of likely N-dealkylation sites (tertiary alicyclic amines) is 1. The number of anilines is 3. The molecule has 0 bridgehead atoms. The number of hydrogen-bond donors (Lipinski definition) is 3. The number of amides is 4. The monoisotopic (exact) mass is 747 g/mol. The minimum absolute atomic E-state index is 0.107. The summed E-state index contributed by atoms with van der Waals surface area (Å²) in [6, 6.07) is 14.6. The van der Waals surface area contributed by atoms with Crippen molar-refractivity contribution in [3.05, 3.63) is 59.7 Å². The van der Waals surface area contributed by atoms with Crippen LogP contribution in [0.1, 0.15) is 66.2 Å². The van der Waals surface area contributed by atoms with Gasteiger partial charge in [-0.3, -0.25) is 34.3 Å². The molecule has 9 rings (SSSR count). The highest BCUT2D eigenvalue weighted by atomic mass is 16.3. The van der Waals surface area contributed by atoms with Crippen molar-refractivity contribution < 1.29 is 24.3 Å². The standard InChI is InChI=1S/C41H49N9O5/c1-25-21-49-29(20-42-38-35(49)19-33(44-45-38)31-4-2-3-5-36(31)51)24-48(25)23-27-10-14-46(15-11-27)22-26-12-16-47(17-13-26)28-6-7-30-32(18-28)41(55)50(40(30)54)34-8-9-37(52)43-39(34)53/h2-7,18-19,25-27,29,34,51H,8-17,20-24H2,1H3,(H,42,45)(H,43,52,53)/t25-,29-,34?/m0/s1. The van der Waals surface area contributed by atoms with Crippen molar-refractivity contribution in [3.8, 4) is 17.0 Å². The summed E-state index contributed by atoms with van der Waals surface area (Å²) < 4.78 is 0. The van der Waals surface area contributed by atoms with E-state index in [0.717, 1.165) is 93.8 Å². The molecule has 4 saturated heterocycles. The fourth-order valence-electron chi connectivity index (χ4n) is 9.66.